The van der Waals surface area contributed by atoms with Crippen molar-refractivity contribution in [2.45, 2.75) is 0 Å². The number of fused-ring (bicyclic) bond motifs is 8. The van der Waals surface area contributed by atoms with Crippen LogP contribution in [0.15, 0.2) is 277 Å². The molecular weight excluding hydrogens is 875 g/mol. The Hall–Kier alpha value is -9.64. The smallest absolute Gasteiger partial charge is 0.135 e. The Labute approximate surface area is 417 Å². The number of hydrogen-bond donors (Lipinski definition) is 0. The normalized spacial score (nSPS) is 11.6. The molecule has 0 aliphatic rings. The third-order valence-electron chi connectivity index (χ3n) is 14.3. The van der Waals surface area contributed by atoms with E-state index in [0.717, 1.165) is 95.0 Å². The van der Waals surface area contributed by atoms with Gasteiger partial charge in [-0.25, -0.2) is 0 Å². The van der Waals surface area contributed by atoms with Crippen LogP contribution in [0.25, 0.3) is 93.2 Å². The molecular formula is C68H45N3O. The second kappa shape index (κ2) is 17.1. The van der Waals surface area contributed by atoms with Crippen molar-refractivity contribution >= 4 is 99.4 Å². The molecule has 0 saturated carbocycles. The van der Waals surface area contributed by atoms with Gasteiger partial charge in [0, 0.05) is 60.8 Å². The summed E-state index contributed by atoms with van der Waals surface area (Å²) in [5, 5.41) is 9.44. The molecule has 0 bridgehead atoms. The topological polar surface area (TPSA) is 24.6 Å². The van der Waals surface area contributed by atoms with E-state index >= 15 is 0 Å². The number of aromatic nitrogens is 1. The second-order valence-corrected chi connectivity index (χ2v) is 18.5. The molecule has 0 aliphatic carbocycles. The van der Waals surface area contributed by atoms with Crippen LogP contribution in [0.2, 0.25) is 0 Å². The highest BCUT2D eigenvalue weighted by Gasteiger charge is 2.20. The molecule has 2 aromatic heterocycles. The van der Waals surface area contributed by atoms with E-state index in [1.54, 1.807) is 0 Å². The van der Waals surface area contributed by atoms with Gasteiger partial charge >= 0.3 is 0 Å². The summed E-state index contributed by atoms with van der Waals surface area (Å²) in [5.41, 5.74) is 16.5. The van der Waals surface area contributed by atoms with Crippen LogP contribution in [-0.2, 0) is 0 Å². The fourth-order valence-electron chi connectivity index (χ4n) is 10.9. The fourth-order valence-corrected chi connectivity index (χ4v) is 10.9. The van der Waals surface area contributed by atoms with Gasteiger partial charge in [0.1, 0.15) is 11.2 Å². The first-order valence-electron chi connectivity index (χ1n) is 24.6. The van der Waals surface area contributed by atoms with E-state index in [-0.39, 0.29) is 0 Å². The van der Waals surface area contributed by atoms with Crippen LogP contribution in [0.4, 0.5) is 34.1 Å². The van der Waals surface area contributed by atoms with Gasteiger partial charge in [0.05, 0.1) is 22.4 Å². The number of hydrogen-bond acceptors (Lipinski definition) is 3. The molecule has 0 aliphatic heterocycles. The predicted octanol–water partition coefficient (Wildman–Crippen LogP) is 19.3. The Morgan fingerprint density at radius 2 is 0.681 bits per heavy atom. The lowest BCUT2D eigenvalue weighted by Gasteiger charge is -2.27. The summed E-state index contributed by atoms with van der Waals surface area (Å²) in [6.07, 6.45) is 0. The standard InChI is InChI=1S/C68H45N3O/c1-3-19-52(20-4-1)69(63-26-13-17-48-15-7-9-23-57(48)63)54-35-29-46(30-36-54)50-33-40-65-60(43-50)61-44-51(34-41-66(61)71(65)56-39-42-68-62(45-56)59-25-11-12-28-67(59)72-68)47-31-37-55(38-32-47)70(53-21-5-2-6-22-53)64-27-14-18-49-16-8-10-24-58(49)64/h1-45H. The SMILES string of the molecule is c1ccc(N(c2ccc(-c3ccc4c(c3)c3cc(-c5ccc(N(c6ccccc6)c6cccc7ccccc67)cc5)ccc3n4-c3ccc4oc5ccccc5c4c3)cc2)c2cccc3ccccc23)cc1. The third-order valence-corrected chi connectivity index (χ3v) is 14.3. The van der Waals surface area contributed by atoms with E-state index in [9.17, 15) is 0 Å². The van der Waals surface area contributed by atoms with E-state index in [1.165, 1.54) is 32.3 Å². The molecule has 0 fully saturated rings. The van der Waals surface area contributed by atoms with Crippen LogP contribution in [0.1, 0.15) is 0 Å². The summed E-state index contributed by atoms with van der Waals surface area (Å²) in [5.74, 6) is 0. The number of nitrogens with zero attached hydrogens (tertiary/aromatic N) is 3. The Balaban J connectivity index is 0.895. The van der Waals surface area contributed by atoms with Gasteiger partial charge in [0.15, 0.2) is 0 Å². The lowest BCUT2D eigenvalue weighted by molar-refractivity contribution is 0.669. The van der Waals surface area contributed by atoms with Crippen molar-refractivity contribution in [3.8, 4) is 27.9 Å². The quantitative estimate of drug-likeness (QED) is 0.144. The molecule has 4 heteroatoms. The molecule has 0 unspecified atom stereocenters. The summed E-state index contributed by atoms with van der Waals surface area (Å²) in [7, 11) is 0. The van der Waals surface area contributed by atoms with Gasteiger partial charge in [0.25, 0.3) is 0 Å². The van der Waals surface area contributed by atoms with Gasteiger partial charge in [-0.2, -0.15) is 0 Å². The first kappa shape index (κ1) is 41.3. The summed E-state index contributed by atoms with van der Waals surface area (Å²) in [6.45, 7) is 0. The third kappa shape index (κ3) is 7.00. The van der Waals surface area contributed by atoms with Crippen molar-refractivity contribution in [2.24, 2.45) is 0 Å². The van der Waals surface area contributed by atoms with Crippen molar-refractivity contribution in [2.75, 3.05) is 9.80 Å². The van der Waals surface area contributed by atoms with E-state index in [2.05, 4.69) is 275 Å². The average molecular weight is 920 g/mol. The van der Waals surface area contributed by atoms with E-state index < -0.39 is 0 Å². The predicted molar refractivity (Wildman–Crippen MR) is 303 cm³/mol. The lowest BCUT2D eigenvalue weighted by atomic mass is 9.99. The molecule has 2 heterocycles. The second-order valence-electron chi connectivity index (χ2n) is 18.5. The van der Waals surface area contributed by atoms with Crippen LogP contribution in [0.5, 0.6) is 0 Å². The number of furan rings is 1. The largest absolute Gasteiger partial charge is 0.456 e. The molecule has 14 rings (SSSR count). The molecule has 0 spiro atoms. The highest BCUT2D eigenvalue weighted by molar-refractivity contribution is 6.13. The minimum atomic E-state index is 0.884. The van der Waals surface area contributed by atoms with Crippen molar-refractivity contribution in [1.29, 1.82) is 0 Å². The van der Waals surface area contributed by atoms with Crippen molar-refractivity contribution in [3.05, 3.63) is 273 Å². The molecule has 72 heavy (non-hydrogen) atoms. The maximum absolute atomic E-state index is 6.30. The highest BCUT2D eigenvalue weighted by Crippen LogP contribution is 2.43. The summed E-state index contributed by atoms with van der Waals surface area (Å²) >= 11 is 0. The number of anilines is 6. The maximum Gasteiger partial charge on any atom is 0.135 e. The zero-order valence-electron chi connectivity index (χ0n) is 39.2. The van der Waals surface area contributed by atoms with Crippen LogP contribution >= 0.6 is 0 Å². The van der Waals surface area contributed by atoms with Gasteiger partial charge in [-0.1, -0.05) is 164 Å². The molecule has 338 valence electrons. The Kier molecular flexibility index (Phi) is 9.82. The monoisotopic (exact) mass is 919 g/mol. The molecule has 0 radical (unpaired) electrons. The summed E-state index contributed by atoms with van der Waals surface area (Å²) in [4.78, 5) is 4.72. The van der Waals surface area contributed by atoms with E-state index in [4.69, 9.17) is 4.42 Å². The van der Waals surface area contributed by atoms with Crippen molar-refractivity contribution < 1.29 is 4.42 Å². The Bertz CT molecular complexity index is 4090. The van der Waals surface area contributed by atoms with Crippen LogP contribution in [0, 0.1) is 0 Å². The van der Waals surface area contributed by atoms with Gasteiger partial charge in [-0.05, 0) is 142 Å². The molecule has 4 nitrogen and oxygen atoms in total. The van der Waals surface area contributed by atoms with E-state index in [0.29, 0.717) is 0 Å². The Morgan fingerprint density at radius 3 is 1.21 bits per heavy atom. The minimum absolute atomic E-state index is 0.884. The van der Waals surface area contributed by atoms with Crippen molar-refractivity contribution in [3.63, 3.8) is 0 Å². The maximum atomic E-state index is 6.30. The molecule has 0 N–H and O–H groups in total. The molecule has 0 atom stereocenters. The van der Waals surface area contributed by atoms with Crippen LogP contribution in [0.3, 0.4) is 0 Å². The number of para-hydroxylation sites is 3. The summed E-state index contributed by atoms with van der Waals surface area (Å²) in [6, 6.07) is 98.5. The van der Waals surface area contributed by atoms with E-state index in [1.807, 2.05) is 12.1 Å². The molecule has 0 saturated heterocycles. The molecule has 14 aromatic rings. The zero-order valence-corrected chi connectivity index (χ0v) is 39.2. The zero-order chi connectivity index (χ0) is 47.5. The molecule has 0 amide bonds. The lowest BCUT2D eigenvalue weighted by Crippen LogP contribution is -2.10. The van der Waals surface area contributed by atoms with Crippen molar-refractivity contribution in [1.82, 2.24) is 4.57 Å². The molecule has 12 aromatic carbocycles. The van der Waals surface area contributed by atoms with Gasteiger partial charge < -0.3 is 18.8 Å². The van der Waals surface area contributed by atoms with Gasteiger partial charge in [-0.15, -0.1) is 0 Å². The Morgan fingerprint density at radius 1 is 0.264 bits per heavy atom. The minimum Gasteiger partial charge on any atom is -0.456 e. The highest BCUT2D eigenvalue weighted by atomic mass is 16.3. The summed E-state index contributed by atoms with van der Waals surface area (Å²) < 4.78 is 8.71. The van der Waals surface area contributed by atoms with Crippen LogP contribution < -0.4 is 9.80 Å². The average Bonchev–Trinajstić information content (AvgIpc) is 3.99. The first-order chi connectivity index (χ1) is 35.7. The number of benzene rings is 12. The van der Waals surface area contributed by atoms with Gasteiger partial charge in [-0.3, -0.25) is 0 Å². The first-order valence-corrected chi connectivity index (χ1v) is 24.6. The number of rotatable bonds is 9. The van der Waals surface area contributed by atoms with Gasteiger partial charge in [0.2, 0.25) is 0 Å². The fraction of sp³-hybridized carbons (Fsp3) is 0. The van der Waals surface area contributed by atoms with Crippen LogP contribution in [-0.4, -0.2) is 4.57 Å².